The van der Waals surface area contributed by atoms with Crippen LogP contribution in [-0.2, 0) is 16.0 Å². The molecule has 0 unspecified atom stereocenters. The average molecular weight is 349 g/mol. The van der Waals surface area contributed by atoms with Gasteiger partial charge in [0.15, 0.2) is 0 Å². The van der Waals surface area contributed by atoms with Crippen molar-refractivity contribution in [1.29, 1.82) is 0 Å². The zero-order valence-corrected chi connectivity index (χ0v) is 14.2. The van der Waals surface area contributed by atoms with Crippen molar-refractivity contribution in [2.45, 2.75) is 39.3 Å². The molecule has 23 heavy (non-hydrogen) atoms. The van der Waals surface area contributed by atoms with Gasteiger partial charge < -0.3 is 4.74 Å². The van der Waals surface area contributed by atoms with Crippen LogP contribution in [0.5, 0.6) is 0 Å². The van der Waals surface area contributed by atoms with Gasteiger partial charge in [-0.2, -0.15) is 13.2 Å². The molecule has 0 aliphatic carbocycles. The molecular weight excluding hydrogens is 327 g/mol. The Bertz CT molecular complexity index is 534. The summed E-state index contributed by atoms with van der Waals surface area (Å²) in [6, 6.07) is 2.00. The molecule has 7 heteroatoms. The minimum atomic E-state index is -4.14. The summed E-state index contributed by atoms with van der Waals surface area (Å²) >= 11 is 1.66. The second-order valence-electron chi connectivity index (χ2n) is 6.13. The second-order valence-corrected chi connectivity index (χ2v) is 7.59. The quantitative estimate of drug-likeness (QED) is 0.759. The van der Waals surface area contributed by atoms with E-state index in [0.29, 0.717) is 32.5 Å². The molecule has 3 nitrogen and oxygen atoms in total. The number of carbonyl (C=O) groups is 1. The van der Waals surface area contributed by atoms with Gasteiger partial charge in [0, 0.05) is 9.75 Å². The molecule has 1 aromatic heterocycles. The van der Waals surface area contributed by atoms with E-state index in [9.17, 15) is 18.0 Å². The van der Waals surface area contributed by atoms with Gasteiger partial charge in [-0.3, -0.25) is 9.69 Å². The van der Waals surface area contributed by atoms with Gasteiger partial charge in [0.2, 0.25) is 0 Å². The van der Waals surface area contributed by atoms with Gasteiger partial charge in [0.05, 0.1) is 19.6 Å². The van der Waals surface area contributed by atoms with E-state index < -0.39 is 12.7 Å². The van der Waals surface area contributed by atoms with Crippen LogP contribution in [0.15, 0.2) is 6.07 Å². The molecule has 0 spiro atoms. The predicted octanol–water partition coefficient (Wildman–Crippen LogP) is 3.72. The number of rotatable bonds is 5. The van der Waals surface area contributed by atoms with Crippen LogP contribution in [0.2, 0.25) is 0 Å². The van der Waals surface area contributed by atoms with E-state index in [1.54, 1.807) is 11.3 Å². The van der Waals surface area contributed by atoms with Gasteiger partial charge in [-0.15, -0.1) is 11.3 Å². The summed E-state index contributed by atoms with van der Waals surface area (Å²) in [6.07, 6.45) is -2.60. The van der Waals surface area contributed by atoms with Crippen molar-refractivity contribution in [1.82, 2.24) is 4.90 Å². The second kappa shape index (κ2) is 7.66. The summed E-state index contributed by atoms with van der Waals surface area (Å²) < 4.78 is 42.3. The fourth-order valence-corrected chi connectivity index (χ4v) is 3.79. The monoisotopic (exact) mass is 349 g/mol. The van der Waals surface area contributed by atoms with Crippen LogP contribution in [0.3, 0.4) is 0 Å². The van der Waals surface area contributed by atoms with Gasteiger partial charge in [0.1, 0.15) is 0 Å². The zero-order valence-electron chi connectivity index (χ0n) is 13.4. The van der Waals surface area contributed by atoms with E-state index in [1.165, 1.54) is 9.78 Å². The van der Waals surface area contributed by atoms with Gasteiger partial charge in [0.25, 0.3) is 0 Å². The Hall–Kier alpha value is -1.08. The number of piperidine rings is 1. The number of likely N-dealkylation sites (tertiary alicyclic amines) is 1. The van der Waals surface area contributed by atoms with Crippen molar-refractivity contribution in [2.75, 3.05) is 26.2 Å². The molecule has 1 aromatic rings. The fraction of sp³-hybridized carbons (Fsp3) is 0.688. The largest absolute Gasteiger partial charge is 0.465 e. The Kier molecular flexibility index (Phi) is 6.08. The molecular formula is C16H22F3NO2S. The third-order valence-electron chi connectivity index (χ3n) is 4.07. The van der Waals surface area contributed by atoms with E-state index in [-0.39, 0.29) is 18.3 Å². The van der Waals surface area contributed by atoms with Crippen LogP contribution in [0.25, 0.3) is 0 Å². The maximum absolute atomic E-state index is 12.3. The maximum atomic E-state index is 12.3. The van der Waals surface area contributed by atoms with Gasteiger partial charge in [-0.1, -0.05) is 0 Å². The van der Waals surface area contributed by atoms with Crippen molar-refractivity contribution in [3.8, 4) is 0 Å². The average Bonchev–Trinajstić information content (AvgIpc) is 2.74. The molecule has 0 radical (unpaired) electrons. The number of nitrogens with zero attached hydrogens (tertiary/aromatic N) is 1. The number of hydrogen-bond acceptors (Lipinski definition) is 4. The molecule has 0 aromatic carbocycles. The maximum Gasteiger partial charge on any atom is 0.401 e. The molecule has 0 amide bonds. The van der Waals surface area contributed by atoms with Crippen molar-refractivity contribution in [3.63, 3.8) is 0 Å². The third-order valence-corrected chi connectivity index (χ3v) is 5.08. The number of thiophene rings is 1. The van der Waals surface area contributed by atoms with E-state index in [0.717, 1.165) is 10.4 Å². The van der Waals surface area contributed by atoms with Crippen molar-refractivity contribution >= 4 is 17.3 Å². The van der Waals surface area contributed by atoms with Crippen molar-refractivity contribution in [2.24, 2.45) is 5.92 Å². The lowest BCUT2D eigenvalue weighted by atomic mass is 9.98. The number of halogens is 3. The van der Waals surface area contributed by atoms with E-state index in [1.807, 2.05) is 19.9 Å². The minimum absolute atomic E-state index is 0.161. The van der Waals surface area contributed by atoms with Gasteiger partial charge in [-0.25, -0.2) is 0 Å². The summed E-state index contributed by atoms with van der Waals surface area (Å²) in [7, 11) is 0. The Morgan fingerprint density at radius 1 is 1.35 bits per heavy atom. The fourth-order valence-electron chi connectivity index (χ4n) is 2.84. The first-order chi connectivity index (χ1) is 10.7. The molecule has 0 saturated carbocycles. The number of aryl methyl sites for hydroxylation is 2. The minimum Gasteiger partial charge on any atom is -0.465 e. The molecule has 1 aliphatic rings. The smallest absolute Gasteiger partial charge is 0.401 e. The van der Waals surface area contributed by atoms with Crippen molar-refractivity contribution in [3.05, 3.63) is 21.4 Å². The highest BCUT2D eigenvalue weighted by Gasteiger charge is 2.32. The summed E-state index contributed by atoms with van der Waals surface area (Å²) in [5.41, 5.74) is 0.998. The Labute approximate surface area is 138 Å². The third kappa shape index (κ3) is 6.14. The lowest BCUT2D eigenvalue weighted by molar-refractivity contribution is -0.150. The molecule has 130 valence electrons. The normalized spacial score (nSPS) is 17.4. The molecule has 0 bridgehead atoms. The molecule has 0 N–H and O–H groups in total. The topological polar surface area (TPSA) is 29.5 Å². The van der Waals surface area contributed by atoms with Crippen LogP contribution >= 0.6 is 11.3 Å². The lowest BCUT2D eigenvalue weighted by Gasteiger charge is -2.31. The first-order valence-corrected chi connectivity index (χ1v) is 8.55. The Balaban J connectivity index is 1.69. The van der Waals surface area contributed by atoms with E-state index >= 15 is 0 Å². The van der Waals surface area contributed by atoms with E-state index in [2.05, 4.69) is 0 Å². The lowest BCUT2D eigenvalue weighted by Crippen LogP contribution is -2.41. The first kappa shape index (κ1) is 18.3. The summed E-state index contributed by atoms with van der Waals surface area (Å²) in [5.74, 6) is -0.0997. The first-order valence-electron chi connectivity index (χ1n) is 7.73. The Morgan fingerprint density at radius 2 is 2.00 bits per heavy atom. The van der Waals surface area contributed by atoms with Crippen molar-refractivity contribution < 1.29 is 22.7 Å². The standard InChI is InChI=1S/C16H22F3NO2S/c1-11-7-14(12(2)23-11)8-15(21)22-9-13-3-5-20(6-4-13)10-16(17,18)19/h7,13H,3-6,8-10H2,1-2H3. The number of ether oxygens (including phenoxy) is 1. The highest BCUT2D eigenvalue weighted by Crippen LogP contribution is 2.24. The number of carbonyl (C=O) groups excluding carboxylic acids is 1. The Morgan fingerprint density at radius 3 is 2.52 bits per heavy atom. The highest BCUT2D eigenvalue weighted by molar-refractivity contribution is 7.12. The molecule has 1 aliphatic heterocycles. The summed E-state index contributed by atoms with van der Waals surface area (Å²) in [4.78, 5) is 15.6. The van der Waals surface area contributed by atoms with Crippen LogP contribution < -0.4 is 0 Å². The number of esters is 1. The SMILES string of the molecule is Cc1cc(CC(=O)OCC2CCN(CC(F)(F)F)CC2)c(C)s1. The van der Waals surface area contributed by atoms with Crippen LogP contribution in [0.4, 0.5) is 13.2 Å². The number of hydrogen-bond donors (Lipinski definition) is 0. The highest BCUT2D eigenvalue weighted by atomic mass is 32.1. The van der Waals surface area contributed by atoms with E-state index in [4.69, 9.17) is 4.74 Å². The molecule has 0 atom stereocenters. The van der Waals surface area contributed by atoms with Crippen LogP contribution in [0, 0.1) is 19.8 Å². The van der Waals surface area contributed by atoms with Crippen LogP contribution in [-0.4, -0.2) is 43.3 Å². The zero-order chi connectivity index (χ0) is 17.0. The van der Waals surface area contributed by atoms with Gasteiger partial charge in [-0.05, 0) is 57.3 Å². The van der Waals surface area contributed by atoms with Gasteiger partial charge >= 0.3 is 12.1 Å². The molecule has 1 saturated heterocycles. The molecule has 2 heterocycles. The number of alkyl halides is 3. The predicted molar refractivity (Wildman–Crippen MR) is 83.7 cm³/mol. The summed E-state index contributed by atoms with van der Waals surface area (Å²) in [6.45, 7) is 4.25. The van der Waals surface area contributed by atoms with Crippen LogP contribution in [0.1, 0.15) is 28.2 Å². The summed E-state index contributed by atoms with van der Waals surface area (Å²) in [5, 5.41) is 0. The molecule has 1 fully saturated rings. The molecule has 2 rings (SSSR count).